The molecule has 196 valence electrons. The van der Waals surface area contributed by atoms with Crippen LogP contribution in [0.15, 0.2) is 66.9 Å². The first-order chi connectivity index (χ1) is 17.8. The molecule has 0 aliphatic rings. The third kappa shape index (κ3) is 8.94. The number of aryl methyl sites for hydroxylation is 1. The molecule has 0 fully saturated rings. The normalized spacial score (nSPS) is 10.8. The van der Waals surface area contributed by atoms with Gasteiger partial charge in [-0.15, -0.1) is 0 Å². The Morgan fingerprint density at radius 2 is 1.81 bits per heavy atom. The van der Waals surface area contributed by atoms with E-state index in [0.29, 0.717) is 42.6 Å². The van der Waals surface area contributed by atoms with E-state index in [2.05, 4.69) is 24.1 Å². The Morgan fingerprint density at radius 3 is 2.54 bits per heavy atom. The predicted octanol–water partition coefficient (Wildman–Crippen LogP) is 6.32. The first-order valence-electron chi connectivity index (χ1n) is 12.8. The fraction of sp³-hybridized carbons (Fsp3) is 0.367. The molecule has 0 spiro atoms. The Balaban J connectivity index is 1.77. The number of unbranched alkanes of at least 4 members (excludes halogenated alkanes) is 1. The number of carbonyl (C=O) groups is 2. The fourth-order valence-electron chi connectivity index (χ4n) is 3.92. The van der Waals surface area contributed by atoms with Gasteiger partial charge in [-0.05, 0) is 54.2 Å². The lowest BCUT2D eigenvalue weighted by Crippen LogP contribution is -2.37. The molecule has 0 aliphatic heterocycles. The topological polar surface area (TPSA) is 91.8 Å². The Bertz CT molecular complexity index is 1160. The number of rotatable bonds is 13. The lowest BCUT2D eigenvalue weighted by molar-refractivity contribution is -0.136. The van der Waals surface area contributed by atoms with E-state index in [1.165, 1.54) is 0 Å². The molecule has 3 rings (SSSR count). The number of carboxylic acids is 1. The summed E-state index contributed by atoms with van der Waals surface area (Å²) in [5.41, 5.74) is 4.06. The number of nitrogens with zero attached hydrogens (tertiary/aromatic N) is 2. The van der Waals surface area contributed by atoms with E-state index < -0.39 is 5.97 Å². The number of hydrogen-bond donors (Lipinski definition) is 2. The van der Waals surface area contributed by atoms with Crippen LogP contribution in [0.4, 0.5) is 10.5 Å². The Labute approximate surface area is 219 Å². The number of urea groups is 1. The van der Waals surface area contributed by atoms with Gasteiger partial charge >= 0.3 is 12.0 Å². The molecule has 0 radical (unpaired) electrons. The van der Waals surface area contributed by atoms with E-state index in [9.17, 15) is 9.59 Å². The summed E-state index contributed by atoms with van der Waals surface area (Å²) in [7, 11) is 1.74. The zero-order valence-electron chi connectivity index (χ0n) is 21.9. The summed E-state index contributed by atoms with van der Waals surface area (Å²) in [5, 5.41) is 12.1. The second kappa shape index (κ2) is 14.0. The molecular weight excluding hydrogens is 466 g/mol. The maximum absolute atomic E-state index is 12.7. The van der Waals surface area contributed by atoms with Crippen molar-refractivity contribution in [2.45, 2.75) is 52.6 Å². The van der Waals surface area contributed by atoms with Crippen molar-refractivity contribution in [3.05, 3.63) is 78.0 Å². The van der Waals surface area contributed by atoms with Crippen molar-refractivity contribution in [1.29, 1.82) is 0 Å². The number of carboxylic acid groups (broad SMARTS) is 1. The minimum Gasteiger partial charge on any atom is -0.488 e. The molecule has 37 heavy (non-hydrogen) atoms. The van der Waals surface area contributed by atoms with Crippen molar-refractivity contribution >= 4 is 17.7 Å². The van der Waals surface area contributed by atoms with Gasteiger partial charge in [0.15, 0.2) is 0 Å². The number of ether oxygens (including phenoxy) is 1. The smallest absolute Gasteiger partial charge is 0.321 e. The van der Waals surface area contributed by atoms with Gasteiger partial charge in [0.05, 0.1) is 5.69 Å². The summed E-state index contributed by atoms with van der Waals surface area (Å²) < 4.78 is 6.19. The third-order valence-corrected chi connectivity index (χ3v) is 6.11. The number of pyridine rings is 1. The summed E-state index contributed by atoms with van der Waals surface area (Å²) in [6.45, 7) is 5.42. The number of benzene rings is 2. The molecule has 2 amide bonds. The molecule has 0 aliphatic carbocycles. The van der Waals surface area contributed by atoms with Gasteiger partial charge in [-0.3, -0.25) is 14.7 Å². The minimum absolute atomic E-state index is 0.0442. The van der Waals surface area contributed by atoms with Crippen LogP contribution in [-0.2, 0) is 17.8 Å². The van der Waals surface area contributed by atoms with Gasteiger partial charge in [0.1, 0.15) is 12.4 Å². The maximum atomic E-state index is 12.7. The standard InChI is InChI=1S/C30H37N3O4/c1-22(2)9-7-8-17-32-30(36)33(3)25-16-18-31-27(20-25)26-14-12-23(13-15-29(34)35)19-28(26)37-21-24-10-5-4-6-11-24/h4-6,10-12,14,16,18-20,22H,7-9,13,15,17,21H2,1-3H3,(H,32,36)(H,34,35). The first-order valence-corrected chi connectivity index (χ1v) is 12.8. The van der Waals surface area contributed by atoms with E-state index in [0.717, 1.165) is 36.0 Å². The van der Waals surface area contributed by atoms with Crippen LogP contribution in [0.5, 0.6) is 5.75 Å². The monoisotopic (exact) mass is 503 g/mol. The summed E-state index contributed by atoms with van der Waals surface area (Å²) in [4.78, 5) is 29.9. The number of amides is 2. The Morgan fingerprint density at radius 1 is 1.03 bits per heavy atom. The number of hydrogen-bond acceptors (Lipinski definition) is 4. The highest BCUT2D eigenvalue weighted by atomic mass is 16.5. The Hall–Kier alpha value is -3.87. The average molecular weight is 504 g/mol. The van der Waals surface area contributed by atoms with Crippen molar-refractivity contribution in [3.63, 3.8) is 0 Å². The van der Waals surface area contributed by atoms with Crippen LogP contribution in [0, 0.1) is 5.92 Å². The van der Waals surface area contributed by atoms with Crippen LogP contribution in [0.1, 0.15) is 50.7 Å². The largest absolute Gasteiger partial charge is 0.488 e. The number of anilines is 1. The maximum Gasteiger partial charge on any atom is 0.321 e. The highest BCUT2D eigenvalue weighted by molar-refractivity contribution is 5.92. The van der Waals surface area contributed by atoms with Crippen molar-refractivity contribution < 1.29 is 19.4 Å². The molecule has 0 saturated carbocycles. The molecule has 2 aromatic carbocycles. The molecule has 0 unspecified atom stereocenters. The minimum atomic E-state index is -0.841. The average Bonchev–Trinajstić information content (AvgIpc) is 2.90. The molecule has 0 bridgehead atoms. The van der Waals surface area contributed by atoms with Gasteiger partial charge in [-0.2, -0.15) is 0 Å². The van der Waals surface area contributed by atoms with Crippen LogP contribution in [0.25, 0.3) is 11.3 Å². The van der Waals surface area contributed by atoms with Crippen molar-refractivity contribution in [3.8, 4) is 17.0 Å². The van der Waals surface area contributed by atoms with Crippen LogP contribution < -0.4 is 15.0 Å². The SMILES string of the molecule is CC(C)CCCCNC(=O)N(C)c1ccnc(-c2ccc(CCC(=O)O)cc2OCc2ccccc2)c1. The number of aliphatic carboxylic acids is 1. The molecule has 0 atom stereocenters. The van der Waals surface area contributed by atoms with Gasteiger partial charge in [-0.1, -0.05) is 63.1 Å². The summed E-state index contributed by atoms with van der Waals surface area (Å²) in [6.07, 6.45) is 5.33. The molecule has 1 aromatic heterocycles. The van der Waals surface area contributed by atoms with Gasteiger partial charge in [0, 0.05) is 37.5 Å². The van der Waals surface area contributed by atoms with Gasteiger partial charge < -0.3 is 15.2 Å². The van der Waals surface area contributed by atoms with Gasteiger partial charge in [0.2, 0.25) is 0 Å². The first kappa shape index (κ1) is 27.7. The second-order valence-corrected chi connectivity index (χ2v) is 9.58. The van der Waals surface area contributed by atoms with E-state index >= 15 is 0 Å². The number of carbonyl (C=O) groups excluding carboxylic acids is 1. The quantitative estimate of drug-likeness (QED) is 0.266. The molecular formula is C30H37N3O4. The van der Waals surface area contributed by atoms with Crippen LogP contribution >= 0.6 is 0 Å². The van der Waals surface area contributed by atoms with Crippen LogP contribution in [0.2, 0.25) is 0 Å². The second-order valence-electron chi connectivity index (χ2n) is 9.58. The zero-order valence-corrected chi connectivity index (χ0v) is 21.9. The highest BCUT2D eigenvalue weighted by Crippen LogP contribution is 2.32. The molecule has 7 heteroatoms. The molecule has 0 saturated heterocycles. The summed E-state index contributed by atoms with van der Waals surface area (Å²) in [5.74, 6) is 0.446. The zero-order chi connectivity index (χ0) is 26.6. The molecule has 1 heterocycles. The van der Waals surface area contributed by atoms with Crippen molar-refractivity contribution in [2.75, 3.05) is 18.5 Å². The molecule has 7 nitrogen and oxygen atoms in total. The fourth-order valence-corrected chi connectivity index (χ4v) is 3.92. The summed E-state index contributed by atoms with van der Waals surface area (Å²) >= 11 is 0. The molecule has 3 aromatic rings. The van der Waals surface area contributed by atoms with Crippen molar-refractivity contribution in [1.82, 2.24) is 10.3 Å². The highest BCUT2D eigenvalue weighted by Gasteiger charge is 2.15. The van der Waals surface area contributed by atoms with E-state index in [-0.39, 0.29) is 12.5 Å². The predicted molar refractivity (Wildman–Crippen MR) is 147 cm³/mol. The van der Waals surface area contributed by atoms with Crippen molar-refractivity contribution in [2.24, 2.45) is 5.92 Å². The van der Waals surface area contributed by atoms with Gasteiger partial charge in [-0.25, -0.2) is 4.79 Å². The molecule has 2 N–H and O–H groups in total. The van der Waals surface area contributed by atoms with Crippen LogP contribution in [-0.4, -0.2) is 35.7 Å². The van der Waals surface area contributed by atoms with E-state index in [4.69, 9.17) is 9.84 Å². The van der Waals surface area contributed by atoms with Gasteiger partial charge in [0.25, 0.3) is 0 Å². The summed E-state index contributed by atoms with van der Waals surface area (Å²) in [6, 6.07) is 19.0. The number of aromatic nitrogens is 1. The third-order valence-electron chi connectivity index (χ3n) is 6.11. The van der Waals surface area contributed by atoms with E-state index in [1.54, 1.807) is 24.2 Å². The van der Waals surface area contributed by atoms with E-state index in [1.807, 2.05) is 54.6 Å². The Kier molecular flexibility index (Phi) is 10.5. The van der Waals surface area contributed by atoms with Crippen LogP contribution in [0.3, 0.4) is 0 Å². The number of nitrogens with one attached hydrogen (secondary N) is 1. The lowest BCUT2D eigenvalue weighted by atomic mass is 10.0. The lowest BCUT2D eigenvalue weighted by Gasteiger charge is -2.19.